The van der Waals surface area contributed by atoms with Crippen LogP contribution in [0.2, 0.25) is 5.02 Å². The zero-order valence-electron chi connectivity index (χ0n) is 10.9. The van der Waals surface area contributed by atoms with Gasteiger partial charge in [-0.2, -0.15) is 10.4 Å². The quantitative estimate of drug-likeness (QED) is 0.932. The molecule has 0 saturated carbocycles. The van der Waals surface area contributed by atoms with E-state index in [9.17, 15) is 0 Å². The lowest BCUT2D eigenvalue weighted by atomic mass is 10.2. The van der Waals surface area contributed by atoms with Crippen molar-refractivity contribution in [3.05, 3.63) is 46.2 Å². The van der Waals surface area contributed by atoms with Crippen LogP contribution in [0.1, 0.15) is 23.9 Å². The number of hydrogen-bond acceptors (Lipinski definition) is 3. The van der Waals surface area contributed by atoms with Gasteiger partial charge in [-0.1, -0.05) is 30.7 Å². The molecular weight excluding hydrogens is 260 g/mol. The van der Waals surface area contributed by atoms with Crippen molar-refractivity contribution in [2.24, 2.45) is 7.05 Å². The van der Waals surface area contributed by atoms with Gasteiger partial charge in [-0.3, -0.25) is 4.68 Å². The predicted octanol–water partition coefficient (Wildman–Crippen LogP) is 3.12. The zero-order chi connectivity index (χ0) is 13.8. The van der Waals surface area contributed by atoms with E-state index in [4.69, 9.17) is 16.9 Å². The highest BCUT2D eigenvalue weighted by Gasteiger charge is 2.12. The average molecular weight is 275 g/mol. The first-order valence-electron chi connectivity index (χ1n) is 6.10. The summed E-state index contributed by atoms with van der Waals surface area (Å²) in [7, 11) is 1.87. The first-order chi connectivity index (χ1) is 9.17. The van der Waals surface area contributed by atoms with Gasteiger partial charge in [0.25, 0.3) is 0 Å². The highest BCUT2D eigenvalue weighted by Crippen LogP contribution is 2.22. The Balaban J connectivity index is 2.20. The van der Waals surface area contributed by atoms with Crippen LogP contribution in [0.3, 0.4) is 0 Å². The fourth-order valence-corrected chi connectivity index (χ4v) is 2.29. The van der Waals surface area contributed by atoms with E-state index < -0.39 is 0 Å². The average Bonchev–Trinajstić information content (AvgIpc) is 2.71. The fourth-order valence-electron chi connectivity index (χ4n) is 1.93. The van der Waals surface area contributed by atoms with Crippen molar-refractivity contribution in [3.63, 3.8) is 0 Å². The van der Waals surface area contributed by atoms with Gasteiger partial charge in [0.2, 0.25) is 0 Å². The van der Waals surface area contributed by atoms with Crippen LogP contribution in [-0.2, 0) is 20.0 Å². The number of halogens is 1. The molecule has 19 heavy (non-hydrogen) atoms. The molecule has 0 atom stereocenters. The third kappa shape index (κ3) is 2.72. The molecule has 0 unspecified atom stereocenters. The molecular formula is C14H15ClN4. The molecule has 4 nitrogen and oxygen atoms in total. The van der Waals surface area contributed by atoms with Crippen molar-refractivity contribution in [3.8, 4) is 6.07 Å². The van der Waals surface area contributed by atoms with Crippen LogP contribution in [0.4, 0.5) is 5.69 Å². The molecule has 98 valence electrons. The molecule has 1 aromatic carbocycles. The van der Waals surface area contributed by atoms with E-state index in [1.165, 1.54) is 0 Å². The van der Waals surface area contributed by atoms with Gasteiger partial charge >= 0.3 is 0 Å². The first-order valence-corrected chi connectivity index (χ1v) is 6.48. The second-order valence-corrected chi connectivity index (χ2v) is 4.57. The summed E-state index contributed by atoms with van der Waals surface area (Å²) in [4.78, 5) is 0. The number of para-hydroxylation sites is 1. The molecule has 0 fully saturated rings. The van der Waals surface area contributed by atoms with Crippen LogP contribution in [0.5, 0.6) is 0 Å². The number of aryl methyl sites for hydroxylation is 2. The van der Waals surface area contributed by atoms with Crippen molar-refractivity contribution in [1.29, 1.82) is 5.26 Å². The molecule has 0 aliphatic heterocycles. The molecule has 2 aromatic rings. The normalized spacial score (nSPS) is 10.2. The summed E-state index contributed by atoms with van der Waals surface area (Å²) < 4.78 is 1.78. The largest absolute Gasteiger partial charge is 0.378 e. The number of aromatic nitrogens is 2. The summed E-state index contributed by atoms with van der Waals surface area (Å²) in [5.74, 6) is 0. The van der Waals surface area contributed by atoms with E-state index in [0.29, 0.717) is 17.1 Å². The van der Waals surface area contributed by atoms with Crippen LogP contribution < -0.4 is 5.32 Å². The summed E-state index contributed by atoms with van der Waals surface area (Å²) in [6, 6.07) is 9.56. The van der Waals surface area contributed by atoms with Gasteiger partial charge in [0.05, 0.1) is 34.2 Å². The SMILES string of the molecule is CCc1nn(C)c(CNc2ccccc2C#N)c1Cl. The highest BCUT2D eigenvalue weighted by atomic mass is 35.5. The summed E-state index contributed by atoms with van der Waals surface area (Å²) in [5, 5.41) is 17.3. The lowest BCUT2D eigenvalue weighted by Crippen LogP contribution is -2.06. The minimum Gasteiger partial charge on any atom is -0.378 e. The Labute approximate surface area is 117 Å². The smallest absolute Gasteiger partial charge is 0.101 e. The maximum absolute atomic E-state index is 9.03. The minimum atomic E-state index is 0.543. The molecule has 0 bridgehead atoms. The maximum Gasteiger partial charge on any atom is 0.101 e. The summed E-state index contributed by atoms with van der Waals surface area (Å²) >= 11 is 6.28. The Kier molecular flexibility index (Phi) is 4.08. The van der Waals surface area contributed by atoms with Crippen LogP contribution in [0.25, 0.3) is 0 Å². The maximum atomic E-state index is 9.03. The van der Waals surface area contributed by atoms with E-state index in [1.54, 1.807) is 10.7 Å². The molecule has 1 heterocycles. The number of nitrogens with zero attached hydrogens (tertiary/aromatic N) is 3. The third-order valence-electron chi connectivity index (χ3n) is 3.00. The van der Waals surface area contributed by atoms with E-state index in [1.807, 2.05) is 32.2 Å². The first kappa shape index (κ1) is 13.4. The third-order valence-corrected chi connectivity index (χ3v) is 3.43. The lowest BCUT2D eigenvalue weighted by Gasteiger charge is -2.08. The van der Waals surface area contributed by atoms with Gasteiger partial charge in [0.1, 0.15) is 6.07 Å². The number of rotatable bonds is 4. The minimum absolute atomic E-state index is 0.543. The number of anilines is 1. The van der Waals surface area contributed by atoms with Crippen LogP contribution in [0, 0.1) is 11.3 Å². The molecule has 1 N–H and O–H groups in total. The number of nitriles is 1. The second kappa shape index (κ2) is 5.77. The summed E-state index contributed by atoms with van der Waals surface area (Å²) in [5.41, 5.74) is 3.25. The zero-order valence-corrected chi connectivity index (χ0v) is 11.7. The Morgan fingerprint density at radius 2 is 2.16 bits per heavy atom. The van der Waals surface area contributed by atoms with Crippen LogP contribution in [-0.4, -0.2) is 9.78 Å². The van der Waals surface area contributed by atoms with E-state index in [2.05, 4.69) is 16.5 Å². The van der Waals surface area contributed by atoms with E-state index in [-0.39, 0.29) is 0 Å². The molecule has 2 rings (SSSR count). The molecule has 1 aromatic heterocycles. The number of benzene rings is 1. The van der Waals surface area contributed by atoms with Gasteiger partial charge in [-0.05, 0) is 18.6 Å². The molecule has 0 spiro atoms. The Hall–Kier alpha value is -1.99. The lowest BCUT2D eigenvalue weighted by molar-refractivity contribution is 0.707. The number of nitrogens with one attached hydrogen (secondary N) is 1. The molecule has 0 saturated heterocycles. The number of hydrogen-bond donors (Lipinski definition) is 1. The van der Waals surface area contributed by atoms with Crippen LogP contribution >= 0.6 is 11.6 Å². The van der Waals surface area contributed by atoms with Crippen LogP contribution in [0.15, 0.2) is 24.3 Å². The van der Waals surface area contributed by atoms with Gasteiger partial charge in [-0.25, -0.2) is 0 Å². The molecule has 0 aliphatic carbocycles. The standard InChI is InChI=1S/C14H15ClN4/c1-3-11-14(15)13(19(2)18-11)9-17-12-7-5-4-6-10(12)8-16/h4-7,17H,3,9H2,1-2H3. The van der Waals surface area contributed by atoms with Crippen molar-refractivity contribution in [1.82, 2.24) is 9.78 Å². The van der Waals surface area contributed by atoms with E-state index >= 15 is 0 Å². The van der Waals surface area contributed by atoms with Crippen molar-refractivity contribution < 1.29 is 0 Å². The summed E-state index contributed by atoms with van der Waals surface area (Å²) in [6.07, 6.45) is 0.807. The molecule has 0 radical (unpaired) electrons. The van der Waals surface area contributed by atoms with Gasteiger partial charge in [0, 0.05) is 7.05 Å². The molecule has 0 amide bonds. The van der Waals surface area contributed by atoms with Crippen molar-refractivity contribution >= 4 is 17.3 Å². The Morgan fingerprint density at radius 1 is 1.42 bits per heavy atom. The fraction of sp³-hybridized carbons (Fsp3) is 0.286. The Bertz CT molecular complexity index is 625. The van der Waals surface area contributed by atoms with Crippen molar-refractivity contribution in [2.45, 2.75) is 19.9 Å². The molecule has 0 aliphatic rings. The Morgan fingerprint density at radius 3 is 2.79 bits per heavy atom. The second-order valence-electron chi connectivity index (χ2n) is 4.20. The van der Waals surface area contributed by atoms with Gasteiger partial charge < -0.3 is 5.32 Å². The highest BCUT2D eigenvalue weighted by molar-refractivity contribution is 6.31. The topological polar surface area (TPSA) is 53.6 Å². The van der Waals surface area contributed by atoms with Crippen molar-refractivity contribution in [2.75, 3.05) is 5.32 Å². The van der Waals surface area contributed by atoms with E-state index in [0.717, 1.165) is 23.5 Å². The van der Waals surface area contributed by atoms with Gasteiger partial charge in [-0.15, -0.1) is 0 Å². The monoisotopic (exact) mass is 274 g/mol. The predicted molar refractivity (Wildman–Crippen MR) is 76.1 cm³/mol. The van der Waals surface area contributed by atoms with Gasteiger partial charge in [0.15, 0.2) is 0 Å². The summed E-state index contributed by atoms with van der Waals surface area (Å²) in [6.45, 7) is 2.57. The molecule has 5 heteroatoms.